The molecule has 3 N–H and O–H groups in total. The third-order valence-electron chi connectivity index (χ3n) is 3.25. The number of hydrogen-bond donors (Lipinski definition) is 2. The van der Waals surface area contributed by atoms with Crippen LogP contribution in [0.5, 0.6) is 0 Å². The molecule has 0 aromatic heterocycles. The number of rotatable bonds is 4. The van der Waals surface area contributed by atoms with E-state index in [0.717, 1.165) is 5.25 Å². The average molecular weight is 231 g/mol. The van der Waals surface area contributed by atoms with Gasteiger partial charge in [-0.25, -0.2) is 0 Å². The molecule has 90 valence electrons. The highest BCUT2D eigenvalue weighted by atomic mass is 32.2. The first kappa shape index (κ1) is 13.3. The summed E-state index contributed by atoms with van der Waals surface area (Å²) < 4.78 is 0. The number of nitrogens with two attached hydrogens (primary N) is 1. The predicted molar refractivity (Wildman–Crippen MR) is 68.2 cm³/mol. The number of aliphatic hydroxyl groups is 1. The topological polar surface area (TPSA) is 46.2 Å². The Morgan fingerprint density at radius 1 is 1.33 bits per heavy atom. The van der Waals surface area contributed by atoms with Crippen LogP contribution in [0.15, 0.2) is 0 Å². The molecule has 0 saturated heterocycles. The first-order chi connectivity index (χ1) is 6.95. The second kappa shape index (κ2) is 5.55. The lowest BCUT2D eigenvalue weighted by molar-refractivity contribution is 0.232. The molecule has 0 radical (unpaired) electrons. The van der Waals surface area contributed by atoms with Gasteiger partial charge in [-0.15, -0.1) is 0 Å². The van der Waals surface area contributed by atoms with E-state index in [0.29, 0.717) is 0 Å². The fraction of sp³-hybridized carbons (Fsp3) is 1.00. The third kappa shape index (κ3) is 3.97. The van der Waals surface area contributed by atoms with Crippen molar-refractivity contribution in [2.75, 3.05) is 6.61 Å². The van der Waals surface area contributed by atoms with Crippen LogP contribution in [0.25, 0.3) is 0 Å². The molecule has 2 atom stereocenters. The van der Waals surface area contributed by atoms with E-state index in [-0.39, 0.29) is 23.3 Å². The van der Waals surface area contributed by atoms with E-state index < -0.39 is 0 Å². The Kier molecular flexibility index (Phi) is 4.94. The number of aliphatic hydroxyl groups excluding tert-OH is 1. The van der Waals surface area contributed by atoms with Crippen LogP contribution in [0.2, 0.25) is 0 Å². The lowest BCUT2D eigenvalue weighted by atomic mass is 9.85. The van der Waals surface area contributed by atoms with Crippen molar-refractivity contribution < 1.29 is 5.11 Å². The smallest absolute Gasteiger partial charge is 0.0565 e. The van der Waals surface area contributed by atoms with Gasteiger partial charge in [0, 0.05) is 16.5 Å². The zero-order chi connectivity index (χ0) is 11.5. The summed E-state index contributed by atoms with van der Waals surface area (Å²) in [6, 6.07) is 0.0769. The molecule has 1 saturated carbocycles. The molecule has 0 aromatic rings. The highest BCUT2D eigenvalue weighted by Crippen LogP contribution is 2.35. The summed E-state index contributed by atoms with van der Waals surface area (Å²) in [5, 5.41) is 10.4. The fourth-order valence-corrected chi connectivity index (χ4v) is 3.83. The molecule has 0 aliphatic heterocycles. The molecule has 0 spiro atoms. The Balaban J connectivity index is 2.47. The van der Waals surface area contributed by atoms with E-state index in [2.05, 4.69) is 20.8 Å². The lowest BCUT2D eigenvalue weighted by Gasteiger charge is -2.34. The Morgan fingerprint density at radius 3 is 2.27 bits per heavy atom. The van der Waals surface area contributed by atoms with Crippen molar-refractivity contribution in [1.29, 1.82) is 0 Å². The molecule has 3 heteroatoms. The van der Waals surface area contributed by atoms with Gasteiger partial charge >= 0.3 is 0 Å². The van der Waals surface area contributed by atoms with Crippen molar-refractivity contribution in [3.05, 3.63) is 0 Å². The monoisotopic (exact) mass is 231 g/mol. The van der Waals surface area contributed by atoms with Crippen molar-refractivity contribution in [1.82, 2.24) is 0 Å². The van der Waals surface area contributed by atoms with Gasteiger partial charge in [-0.2, -0.15) is 11.8 Å². The van der Waals surface area contributed by atoms with Crippen LogP contribution >= 0.6 is 11.8 Å². The highest BCUT2D eigenvalue weighted by molar-refractivity contribution is 8.00. The van der Waals surface area contributed by atoms with E-state index in [1.54, 1.807) is 0 Å². The number of thioether (sulfide) groups is 1. The maximum atomic E-state index is 9.42. The minimum Gasteiger partial charge on any atom is -0.395 e. The fourth-order valence-electron chi connectivity index (χ4n) is 2.07. The Morgan fingerprint density at radius 2 is 1.87 bits per heavy atom. The van der Waals surface area contributed by atoms with Crippen molar-refractivity contribution in [2.24, 2.45) is 11.1 Å². The van der Waals surface area contributed by atoms with Crippen LogP contribution in [0, 0.1) is 5.41 Å². The van der Waals surface area contributed by atoms with Crippen molar-refractivity contribution in [3.8, 4) is 0 Å². The zero-order valence-corrected chi connectivity index (χ0v) is 11.0. The predicted octanol–water partition coefficient (Wildman–Crippen LogP) is 2.40. The Hall–Kier alpha value is 0.270. The van der Waals surface area contributed by atoms with Crippen LogP contribution in [0.4, 0.5) is 0 Å². The normalized spacial score (nSPS) is 23.0. The molecule has 15 heavy (non-hydrogen) atoms. The van der Waals surface area contributed by atoms with Crippen LogP contribution < -0.4 is 5.73 Å². The van der Waals surface area contributed by atoms with Crippen LogP contribution in [-0.2, 0) is 0 Å². The molecule has 0 heterocycles. The highest BCUT2D eigenvalue weighted by Gasteiger charge is 2.31. The first-order valence-corrected chi connectivity index (χ1v) is 6.91. The number of hydrogen-bond acceptors (Lipinski definition) is 3. The van der Waals surface area contributed by atoms with Crippen molar-refractivity contribution in [3.63, 3.8) is 0 Å². The summed E-state index contributed by atoms with van der Waals surface area (Å²) in [4.78, 5) is 0. The summed E-state index contributed by atoms with van der Waals surface area (Å²) in [5.74, 6) is 0. The quantitative estimate of drug-likeness (QED) is 0.781. The molecule has 2 nitrogen and oxygen atoms in total. The van der Waals surface area contributed by atoms with E-state index in [1.165, 1.54) is 25.7 Å². The summed E-state index contributed by atoms with van der Waals surface area (Å²) in [7, 11) is 0. The van der Waals surface area contributed by atoms with Crippen molar-refractivity contribution in [2.45, 2.75) is 63.0 Å². The van der Waals surface area contributed by atoms with Gasteiger partial charge in [0.25, 0.3) is 0 Å². The molecule has 0 bridgehead atoms. The summed E-state index contributed by atoms with van der Waals surface area (Å²) >= 11 is 1.91. The Bertz CT molecular complexity index is 185. The van der Waals surface area contributed by atoms with Crippen LogP contribution in [0.1, 0.15) is 46.5 Å². The zero-order valence-electron chi connectivity index (χ0n) is 10.2. The molecule has 2 unspecified atom stereocenters. The summed E-state index contributed by atoms with van der Waals surface area (Å²) in [5.41, 5.74) is 6.29. The van der Waals surface area contributed by atoms with Gasteiger partial charge in [0.2, 0.25) is 0 Å². The van der Waals surface area contributed by atoms with Gasteiger partial charge in [-0.1, -0.05) is 33.6 Å². The van der Waals surface area contributed by atoms with E-state index in [9.17, 15) is 5.11 Å². The van der Waals surface area contributed by atoms with Gasteiger partial charge in [0.1, 0.15) is 0 Å². The minimum atomic E-state index is 0.0769. The molecule has 1 rings (SSSR count). The molecular formula is C12H25NOS. The maximum Gasteiger partial charge on any atom is 0.0565 e. The van der Waals surface area contributed by atoms with E-state index >= 15 is 0 Å². The molecule has 0 amide bonds. The first-order valence-electron chi connectivity index (χ1n) is 5.97. The summed E-state index contributed by atoms with van der Waals surface area (Å²) in [6.45, 7) is 6.65. The molecular weight excluding hydrogens is 206 g/mol. The maximum absolute atomic E-state index is 9.42. The van der Waals surface area contributed by atoms with Crippen LogP contribution in [0.3, 0.4) is 0 Å². The Labute approximate surface area is 98.0 Å². The van der Waals surface area contributed by atoms with Gasteiger partial charge in [-0.3, -0.25) is 0 Å². The molecule has 1 aliphatic carbocycles. The van der Waals surface area contributed by atoms with Gasteiger partial charge in [-0.05, 0) is 18.3 Å². The summed E-state index contributed by atoms with van der Waals surface area (Å²) in [6.07, 6.45) is 5.30. The van der Waals surface area contributed by atoms with Gasteiger partial charge in [0.05, 0.1) is 6.61 Å². The van der Waals surface area contributed by atoms with Gasteiger partial charge in [0.15, 0.2) is 0 Å². The molecule has 1 aliphatic rings. The second-order valence-corrected chi connectivity index (χ2v) is 7.20. The average Bonchev–Trinajstić information content (AvgIpc) is 2.64. The van der Waals surface area contributed by atoms with E-state index in [4.69, 9.17) is 5.73 Å². The van der Waals surface area contributed by atoms with Gasteiger partial charge < -0.3 is 10.8 Å². The SMILES string of the molecule is CC(C)(C)C(N)C(CO)SC1CCCC1. The van der Waals surface area contributed by atoms with Crippen molar-refractivity contribution >= 4 is 11.8 Å². The minimum absolute atomic E-state index is 0.0769. The van der Waals surface area contributed by atoms with E-state index in [1.807, 2.05) is 11.8 Å². The van der Waals surface area contributed by atoms with Crippen LogP contribution in [-0.4, -0.2) is 28.3 Å². The second-order valence-electron chi connectivity index (χ2n) is 5.66. The lowest BCUT2D eigenvalue weighted by Crippen LogP contribution is -2.45. The third-order valence-corrected chi connectivity index (χ3v) is 4.90. The standard InChI is InChI=1S/C12H25NOS/c1-12(2,3)11(13)10(8-14)15-9-6-4-5-7-9/h9-11,14H,4-8,13H2,1-3H3. The molecule has 1 fully saturated rings. The largest absolute Gasteiger partial charge is 0.395 e. The molecule has 0 aromatic carbocycles.